The first kappa shape index (κ1) is 30.7. The number of amides is 2. The molecule has 0 spiro atoms. The van der Waals surface area contributed by atoms with E-state index in [9.17, 15) is 9.59 Å². The summed E-state index contributed by atoms with van der Waals surface area (Å²) in [5.74, 6) is 0.740. The summed E-state index contributed by atoms with van der Waals surface area (Å²) in [6.45, 7) is 2.56. The average Bonchev–Trinajstić information content (AvgIpc) is 3.12. The molecular weight excluding hydrogens is 570 g/mol. The molecule has 1 atom stereocenters. The third kappa shape index (κ3) is 7.83. The molecule has 1 aliphatic rings. The molecule has 5 aromatic carbocycles. The topological polar surface area (TPSA) is 70.7 Å². The number of nitrogens with zero attached hydrogens (tertiary/aromatic N) is 1. The third-order valence-corrected chi connectivity index (χ3v) is 8.65. The van der Waals surface area contributed by atoms with E-state index in [2.05, 4.69) is 39.8 Å². The lowest BCUT2D eigenvalue weighted by Crippen LogP contribution is -2.40. The predicted octanol–water partition coefficient (Wildman–Crippen LogP) is 7.83. The van der Waals surface area contributed by atoms with Gasteiger partial charge in [-0.05, 0) is 72.4 Å². The van der Waals surface area contributed by atoms with Gasteiger partial charge in [-0.1, -0.05) is 97.1 Å². The van der Waals surface area contributed by atoms with E-state index in [1.165, 1.54) is 0 Å². The maximum atomic E-state index is 13.6. The second kappa shape index (κ2) is 15.1. The number of anilines is 2. The Labute approximate surface area is 271 Å². The molecule has 1 unspecified atom stereocenters. The summed E-state index contributed by atoms with van der Waals surface area (Å²) in [6.07, 6.45) is 1.83. The molecule has 0 radical (unpaired) electrons. The van der Waals surface area contributed by atoms with Crippen LogP contribution in [0.25, 0.3) is 0 Å². The van der Waals surface area contributed by atoms with Crippen LogP contribution < -0.4 is 20.3 Å². The van der Waals surface area contributed by atoms with E-state index < -0.39 is 0 Å². The van der Waals surface area contributed by atoms with Crippen molar-refractivity contribution in [1.29, 1.82) is 0 Å². The fourth-order valence-corrected chi connectivity index (χ4v) is 6.18. The Morgan fingerprint density at radius 3 is 2.02 bits per heavy atom. The van der Waals surface area contributed by atoms with Gasteiger partial charge in [0.25, 0.3) is 5.91 Å². The zero-order valence-corrected chi connectivity index (χ0v) is 25.8. The molecule has 6 heteroatoms. The standard InChI is InChI=1S/C40H39N3O3/c44-39(37-19-11-10-16-33(37)29-46-36-17-8-3-9-18-36)42-34-20-22-35(23-21-34)43-26-24-32(25-27-43)38(31-14-6-2-7-15-31)40(45)41-28-30-12-4-1-5-13-30/h1-23,32,38H,24-29H2,(H,41,45)(H,42,44). The second-order valence-electron chi connectivity index (χ2n) is 11.7. The monoisotopic (exact) mass is 609 g/mol. The van der Waals surface area contributed by atoms with Gasteiger partial charge in [0, 0.05) is 42.1 Å². The minimum absolute atomic E-state index is 0.0850. The van der Waals surface area contributed by atoms with Gasteiger partial charge in [-0.15, -0.1) is 0 Å². The van der Waals surface area contributed by atoms with Gasteiger partial charge in [0.05, 0.1) is 5.92 Å². The first-order valence-electron chi connectivity index (χ1n) is 15.9. The lowest BCUT2D eigenvalue weighted by molar-refractivity contribution is -0.124. The Bertz CT molecular complexity index is 1700. The largest absolute Gasteiger partial charge is 0.489 e. The Balaban J connectivity index is 1.05. The zero-order valence-electron chi connectivity index (χ0n) is 25.8. The van der Waals surface area contributed by atoms with Gasteiger partial charge in [0.1, 0.15) is 12.4 Å². The summed E-state index contributed by atoms with van der Waals surface area (Å²) in [6, 6.07) is 45.3. The van der Waals surface area contributed by atoms with Crippen LogP contribution in [0.15, 0.2) is 140 Å². The molecule has 232 valence electrons. The van der Waals surface area contributed by atoms with Crippen molar-refractivity contribution in [2.45, 2.75) is 31.9 Å². The van der Waals surface area contributed by atoms with E-state index in [1.54, 1.807) is 0 Å². The van der Waals surface area contributed by atoms with Crippen LogP contribution in [0.3, 0.4) is 0 Å². The number of carbonyl (C=O) groups excluding carboxylic acids is 2. The molecule has 1 saturated heterocycles. The number of ether oxygens (including phenoxy) is 1. The van der Waals surface area contributed by atoms with Gasteiger partial charge in [0.2, 0.25) is 5.91 Å². The van der Waals surface area contributed by atoms with E-state index in [1.807, 2.05) is 115 Å². The molecule has 6 rings (SSSR count). The maximum Gasteiger partial charge on any atom is 0.256 e. The highest BCUT2D eigenvalue weighted by atomic mass is 16.5. The smallest absolute Gasteiger partial charge is 0.256 e. The Hall–Kier alpha value is -5.36. The molecule has 46 heavy (non-hydrogen) atoms. The lowest BCUT2D eigenvalue weighted by Gasteiger charge is -2.37. The van der Waals surface area contributed by atoms with E-state index in [0.29, 0.717) is 18.7 Å². The molecule has 0 saturated carbocycles. The minimum Gasteiger partial charge on any atom is -0.489 e. The fraction of sp³-hybridized carbons (Fsp3) is 0.200. The molecule has 0 aromatic heterocycles. The number of benzene rings is 5. The normalized spacial score (nSPS) is 13.9. The molecule has 6 nitrogen and oxygen atoms in total. The number of para-hydroxylation sites is 1. The molecule has 1 aliphatic heterocycles. The van der Waals surface area contributed by atoms with Crippen LogP contribution in [-0.2, 0) is 17.9 Å². The van der Waals surface area contributed by atoms with Gasteiger partial charge in [-0.2, -0.15) is 0 Å². The maximum absolute atomic E-state index is 13.6. The van der Waals surface area contributed by atoms with Crippen LogP contribution in [0.1, 0.15) is 45.8 Å². The van der Waals surface area contributed by atoms with Gasteiger partial charge < -0.3 is 20.3 Å². The number of hydrogen-bond acceptors (Lipinski definition) is 4. The van der Waals surface area contributed by atoms with Crippen molar-refractivity contribution in [1.82, 2.24) is 5.32 Å². The van der Waals surface area contributed by atoms with Crippen molar-refractivity contribution >= 4 is 23.2 Å². The van der Waals surface area contributed by atoms with Crippen molar-refractivity contribution in [3.05, 3.63) is 162 Å². The van der Waals surface area contributed by atoms with E-state index in [4.69, 9.17) is 4.74 Å². The number of hydrogen-bond donors (Lipinski definition) is 2. The first-order chi connectivity index (χ1) is 22.6. The van der Waals surface area contributed by atoms with Crippen molar-refractivity contribution in [3.8, 4) is 5.75 Å². The Morgan fingerprint density at radius 1 is 0.717 bits per heavy atom. The van der Waals surface area contributed by atoms with Gasteiger partial charge in [-0.3, -0.25) is 9.59 Å². The van der Waals surface area contributed by atoms with Crippen molar-refractivity contribution in [3.63, 3.8) is 0 Å². The summed E-state index contributed by atoms with van der Waals surface area (Å²) in [4.78, 5) is 29.1. The third-order valence-electron chi connectivity index (χ3n) is 8.65. The Morgan fingerprint density at radius 2 is 1.33 bits per heavy atom. The van der Waals surface area contributed by atoms with Crippen molar-refractivity contribution < 1.29 is 14.3 Å². The van der Waals surface area contributed by atoms with E-state index in [-0.39, 0.29) is 23.7 Å². The summed E-state index contributed by atoms with van der Waals surface area (Å²) in [5, 5.41) is 6.24. The molecule has 2 N–H and O–H groups in total. The Kier molecular flexibility index (Phi) is 10.1. The van der Waals surface area contributed by atoms with Gasteiger partial charge >= 0.3 is 0 Å². The summed E-state index contributed by atoms with van der Waals surface area (Å²) >= 11 is 0. The van der Waals surface area contributed by atoms with Gasteiger partial charge in [-0.25, -0.2) is 0 Å². The molecule has 1 fully saturated rings. The fourth-order valence-electron chi connectivity index (χ4n) is 6.18. The molecule has 2 amide bonds. The average molecular weight is 610 g/mol. The second-order valence-corrected chi connectivity index (χ2v) is 11.7. The zero-order chi connectivity index (χ0) is 31.6. The van der Waals surface area contributed by atoms with E-state index in [0.717, 1.165) is 59.7 Å². The van der Waals surface area contributed by atoms with Crippen LogP contribution in [0.4, 0.5) is 11.4 Å². The highest BCUT2D eigenvalue weighted by Crippen LogP contribution is 2.35. The van der Waals surface area contributed by atoms with Crippen molar-refractivity contribution in [2.24, 2.45) is 5.92 Å². The number of carbonyl (C=O) groups is 2. The number of nitrogens with one attached hydrogen (secondary N) is 2. The molecular formula is C40H39N3O3. The van der Waals surface area contributed by atoms with Crippen LogP contribution in [0.2, 0.25) is 0 Å². The molecule has 0 bridgehead atoms. The number of rotatable bonds is 11. The molecule has 1 heterocycles. The molecule has 5 aromatic rings. The summed E-state index contributed by atoms with van der Waals surface area (Å²) < 4.78 is 5.90. The molecule has 0 aliphatic carbocycles. The van der Waals surface area contributed by atoms with Crippen LogP contribution in [-0.4, -0.2) is 24.9 Å². The summed E-state index contributed by atoms with van der Waals surface area (Å²) in [7, 11) is 0. The minimum atomic E-state index is -0.189. The van der Waals surface area contributed by atoms with Crippen molar-refractivity contribution in [2.75, 3.05) is 23.3 Å². The van der Waals surface area contributed by atoms with Crippen LogP contribution in [0, 0.1) is 5.92 Å². The van der Waals surface area contributed by atoms with Gasteiger partial charge in [0.15, 0.2) is 0 Å². The quantitative estimate of drug-likeness (QED) is 0.160. The SMILES string of the molecule is O=C(Nc1ccc(N2CCC(C(C(=O)NCc3ccccc3)c3ccccc3)CC2)cc1)c1ccccc1COc1ccccc1. The highest BCUT2D eigenvalue weighted by Gasteiger charge is 2.32. The predicted molar refractivity (Wildman–Crippen MR) is 184 cm³/mol. The number of piperidine rings is 1. The summed E-state index contributed by atoms with van der Waals surface area (Å²) in [5.41, 5.74) is 5.43. The van der Waals surface area contributed by atoms with Crippen LogP contribution >= 0.6 is 0 Å². The van der Waals surface area contributed by atoms with E-state index >= 15 is 0 Å². The highest BCUT2D eigenvalue weighted by molar-refractivity contribution is 6.05. The van der Waals surface area contributed by atoms with Crippen LogP contribution in [0.5, 0.6) is 5.75 Å². The lowest BCUT2D eigenvalue weighted by atomic mass is 9.79. The first-order valence-corrected chi connectivity index (χ1v) is 15.9.